The smallest absolute Gasteiger partial charge is 0.337 e. The number of rotatable bonds is 3. The lowest BCUT2D eigenvalue weighted by Crippen LogP contribution is -2.00. The van der Waals surface area contributed by atoms with Crippen molar-refractivity contribution in [2.75, 3.05) is 20.8 Å². The van der Waals surface area contributed by atoms with E-state index in [1.165, 1.54) is 14.2 Å². The van der Waals surface area contributed by atoms with Gasteiger partial charge in [-0.1, -0.05) is 27.8 Å². The standard InChI is InChI=1S/C12H12O3.C8H7BrO2/c1-15-12(14)11-7-5-10(6-8-11)4-2-3-9-13;1-11-8(10)6-2-4-7(9)5-3-6/h5-8,13H,3,9H2,1H3;2-5H,1H3. The van der Waals surface area contributed by atoms with E-state index >= 15 is 0 Å². The molecule has 5 nitrogen and oxygen atoms in total. The number of hydrogen-bond acceptors (Lipinski definition) is 5. The van der Waals surface area contributed by atoms with E-state index in [1.807, 2.05) is 0 Å². The highest BCUT2D eigenvalue weighted by Gasteiger charge is 2.03. The van der Waals surface area contributed by atoms with Gasteiger partial charge in [0.15, 0.2) is 0 Å². The molecule has 0 radical (unpaired) electrons. The molecule has 26 heavy (non-hydrogen) atoms. The molecule has 0 bridgehead atoms. The van der Waals surface area contributed by atoms with Crippen LogP contribution in [0.5, 0.6) is 0 Å². The van der Waals surface area contributed by atoms with E-state index in [0.717, 1.165) is 10.0 Å². The van der Waals surface area contributed by atoms with Gasteiger partial charge in [-0.2, -0.15) is 0 Å². The van der Waals surface area contributed by atoms with E-state index in [9.17, 15) is 9.59 Å². The largest absolute Gasteiger partial charge is 0.465 e. The molecule has 0 aromatic heterocycles. The summed E-state index contributed by atoms with van der Waals surface area (Å²) in [5.41, 5.74) is 1.89. The zero-order chi connectivity index (χ0) is 19.4. The first kappa shape index (κ1) is 21.4. The Morgan fingerprint density at radius 3 is 1.81 bits per heavy atom. The van der Waals surface area contributed by atoms with E-state index in [2.05, 4.69) is 37.2 Å². The van der Waals surface area contributed by atoms with Crippen molar-refractivity contribution in [3.63, 3.8) is 0 Å². The Kier molecular flexibility index (Phi) is 9.77. The zero-order valence-electron chi connectivity index (χ0n) is 14.5. The van der Waals surface area contributed by atoms with Crippen LogP contribution in [0.3, 0.4) is 0 Å². The Labute approximate surface area is 161 Å². The Morgan fingerprint density at radius 1 is 0.923 bits per heavy atom. The fourth-order valence-corrected chi connectivity index (χ4v) is 2.00. The molecule has 2 aromatic carbocycles. The van der Waals surface area contributed by atoms with Crippen LogP contribution in [-0.2, 0) is 9.47 Å². The monoisotopic (exact) mass is 418 g/mol. The number of ether oxygens (including phenoxy) is 2. The minimum absolute atomic E-state index is 0.0627. The number of carbonyl (C=O) groups excluding carboxylic acids is 2. The molecule has 0 aliphatic carbocycles. The van der Waals surface area contributed by atoms with Crippen LogP contribution in [0.25, 0.3) is 0 Å². The minimum Gasteiger partial charge on any atom is -0.465 e. The summed E-state index contributed by atoms with van der Waals surface area (Å²) in [5, 5.41) is 8.53. The van der Waals surface area contributed by atoms with E-state index in [0.29, 0.717) is 17.5 Å². The number of aliphatic hydroxyl groups is 1. The Hall–Kier alpha value is -2.62. The summed E-state index contributed by atoms with van der Waals surface area (Å²) in [4.78, 5) is 22.0. The number of hydrogen-bond donors (Lipinski definition) is 1. The van der Waals surface area contributed by atoms with Gasteiger partial charge in [-0.3, -0.25) is 0 Å². The zero-order valence-corrected chi connectivity index (χ0v) is 16.1. The second-order valence-electron chi connectivity index (χ2n) is 4.84. The summed E-state index contributed by atoms with van der Waals surface area (Å²) in [6.07, 6.45) is 0.457. The van der Waals surface area contributed by atoms with Gasteiger partial charge in [0.2, 0.25) is 0 Å². The molecular weight excluding hydrogens is 400 g/mol. The van der Waals surface area contributed by atoms with Crippen molar-refractivity contribution in [1.82, 2.24) is 0 Å². The molecular formula is C20H19BrO5. The Morgan fingerprint density at radius 2 is 1.38 bits per heavy atom. The molecule has 0 saturated carbocycles. The topological polar surface area (TPSA) is 72.8 Å². The Bertz CT molecular complexity index is 771. The van der Waals surface area contributed by atoms with Gasteiger partial charge in [-0.25, -0.2) is 9.59 Å². The van der Waals surface area contributed by atoms with Gasteiger partial charge in [0.05, 0.1) is 32.0 Å². The van der Waals surface area contributed by atoms with Crippen molar-refractivity contribution in [2.24, 2.45) is 0 Å². The van der Waals surface area contributed by atoms with Crippen molar-refractivity contribution in [3.05, 3.63) is 69.7 Å². The van der Waals surface area contributed by atoms with Crippen LogP contribution >= 0.6 is 15.9 Å². The van der Waals surface area contributed by atoms with Crippen molar-refractivity contribution in [2.45, 2.75) is 6.42 Å². The highest BCUT2D eigenvalue weighted by molar-refractivity contribution is 9.10. The van der Waals surface area contributed by atoms with Crippen LogP contribution in [0, 0.1) is 11.8 Å². The van der Waals surface area contributed by atoms with Gasteiger partial charge in [-0.05, 0) is 48.5 Å². The molecule has 136 valence electrons. The maximum absolute atomic E-state index is 11.1. The average Bonchev–Trinajstić information content (AvgIpc) is 2.68. The van der Waals surface area contributed by atoms with Crippen molar-refractivity contribution < 1.29 is 24.2 Å². The molecule has 0 atom stereocenters. The first-order valence-electron chi connectivity index (χ1n) is 7.63. The molecule has 6 heteroatoms. The van der Waals surface area contributed by atoms with E-state index in [4.69, 9.17) is 5.11 Å². The Balaban J connectivity index is 0.000000273. The maximum Gasteiger partial charge on any atom is 0.337 e. The third-order valence-corrected chi connectivity index (χ3v) is 3.57. The van der Waals surface area contributed by atoms with Crippen molar-refractivity contribution >= 4 is 27.9 Å². The van der Waals surface area contributed by atoms with Gasteiger partial charge >= 0.3 is 11.9 Å². The van der Waals surface area contributed by atoms with E-state index in [-0.39, 0.29) is 18.5 Å². The molecule has 0 fully saturated rings. The third-order valence-electron chi connectivity index (χ3n) is 3.04. The highest BCUT2D eigenvalue weighted by Crippen LogP contribution is 2.10. The fourth-order valence-electron chi connectivity index (χ4n) is 1.73. The van der Waals surface area contributed by atoms with E-state index in [1.54, 1.807) is 48.5 Å². The minimum atomic E-state index is -0.357. The molecule has 2 rings (SSSR count). The summed E-state index contributed by atoms with van der Waals surface area (Å²) in [6.45, 7) is 0.0627. The van der Waals surface area contributed by atoms with Crippen LogP contribution < -0.4 is 0 Å². The third kappa shape index (κ3) is 7.51. The van der Waals surface area contributed by atoms with Crippen LogP contribution in [0.2, 0.25) is 0 Å². The van der Waals surface area contributed by atoms with Gasteiger partial charge < -0.3 is 14.6 Å². The lowest BCUT2D eigenvalue weighted by molar-refractivity contribution is 0.0592. The van der Waals surface area contributed by atoms with Crippen LogP contribution in [0.15, 0.2) is 53.0 Å². The van der Waals surface area contributed by atoms with Gasteiger partial charge in [0, 0.05) is 16.5 Å². The summed E-state index contributed by atoms with van der Waals surface area (Å²) < 4.78 is 10.0. The summed E-state index contributed by atoms with van der Waals surface area (Å²) in [5.74, 6) is 5.00. The van der Waals surface area contributed by atoms with Gasteiger partial charge in [0.1, 0.15) is 0 Å². The summed E-state index contributed by atoms with van der Waals surface area (Å²) >= 11 is 3.26. The number of esters is 2. The van der Waals surface area contributed by atoms with Crippen LogP contribution in [-0.4, -0.2) is 37.9 Å². The van der Waals surface area contributed by atoms with Crippen molar-refractivity contribution in [1.29, 1.82) is 0 Å². The molecule has 0 unspecified atom stereocenters. The summed E-state index contributed by atoms with van der Waals surface area (Å²) in [7, 11) is 2.71. The normalized spacial score (nSPS) is 9.08. The SMILES string of the molecule is COC(=O)c1ccc(Br)cc1.COC(=O)c1ccc(C#CCCO)cc1. The van der Waals surface area contributed by atoms with Gasteiger partial charge in [0.25, 0.3) is 0 Å². The molecule has 0 heterocycles. The molecule has 2 aromatic rings. The highest BCUT2D eigenvalue weighted by atomic mass is 79.9. The fraction of sp³-hybridized carbons (Fsp3) is 0.200. The first-order valence-corrected chi connectivity index (χ1v) is 8.43. The lowest BCUT2D eigenvalue weighted by atomic mass is 10.1. The number of carbonyl (C=O) groups is 2. The number of halogens is 1. The lowest BCUT2D eigenvalue weighted by Gasteiger charge is -1.97. The van der Waals surface area contributed by atoms with Gasteiger partial charge in [-0.15, -0.1) is 0 Å². The molecule has 1 N–H and O–H groups in total. The second kappa shape index (κ2) is 11.9. The van der Waals surface area contributed by atoms with Crippen LogP contribution in [0.1, 0.15) is 32.7 Å². The molecule has 0 spiro atoms. The first-order chi connectivity index (χ1) is 12.5. The number of methoxy groups -OCH3 is 2. The van der Waals surface area contributed by atoms with Crippen LogP contribution in [0.4, 0.5) is 0 Å². The summed E-state index contributed by atoms with van der Waals surface area (Å²) in [6, 6.07) is 13.8. The maximum atomic E-state index is 11.1. The average molecular weight is 419 g/mol. The predicted molar refractivity (Wildman–Crippen MR) is 102 cm³/mol. The van der Waals surface area contributed by atoms with Crippen molar-refractivity contribution in [3.8, 4) is 11.8 Å². The number of benzene rings is 2. The second-order valence-corrected chi connectivity index (χ2v) is 5.76. The predicted octanol–water partition coefficient (Wildman–Crippen LogP) is 3.44. The van der Waals surface area contributed by atoms with E-state index < -0.39 is 0 Å². The quantitative estimate of drug-likeness (QED) is 0.610. The molecule has 0 amide bonds. The molecule has 0 aliphatic heterocycles. The number of aliphatic hydroxyl groups excluding tert-OH is 1. The molecule has 0 saturated heterocycles. The molecule has 0 aliphatic rings.